The van der Waals surface area contributed by atoms with E-state index in [1.165, 1.54) is 11.8 Å². The van der Waals surface area contributed by atoms with Crippen LogP contribution in [0.4, 0.5) is 0 Å². The van der Waals surface area contributed by atoms with Crippen molar-refractivity contribution >= 4 is 40.1 Å². The second-order valence-corrected chi connectivity index (χ2v) is 5.17. The van der Waals surface area contributed by atoms with Gasteiger partial charge in [-0.05, 0) is 11.6 Å². The summed E-state index contributed by atoms with van der Waals surface area (Å²) in [6.07, 6.45) is 0.414. The molecular formula is C11H12BrNO3S. The zero-order valence-electron chi connectivity index (χ0n) is 8.93. The van der Waals surface area contributed by atoms with Crippen LogP contribution in [-0.2, 0) is 15.3 Å². The molecule has 1 aromatic rings. The second kappa shape index (κ2) is 7.34. The van der Waals surface area contributed by atoms with Crippen LogP contribution < -0.4 is 5.32 Å². The van der Waals surface area contributed by atoms with E-state index in [1.54, 1.807) is 0 Å². The molecule has 0 saturated heterocycles. The summed E-state index contributed by atoms with van der Waals surface area (Å²) in [7, 11) is 0. The summed E-state index contributed by atoms with van der Waals surface area (Å²) in [5.41, 5.74) is 1.10. The minimum Gasteiger partial charge on any atom is -0.480 e. The lowest BCUT2D eigenvalue weighted by Gasteiger charge is -2.10. The van der Waals surface area contributed by atoms with Crippen molar-refractivity contribution in [1.82, 2.24) is 5.32 Å². The normalized spacial score (nSPS) is 11.8. The number of carboxylic acid groups (broad SMARTS) is 1. The summed E-state index contributed by atoms with van der Waals surface area (Å²) >= 11 is 4.89. The lowest BCUT2D eigenvalue weighted by atomic mass is 10.2. The van der Waals surface area contributed by atoms with Crippen molar-refractivity contribution in [1.29, 1.82) is 0 Å². The van der Waals surface area contributed by atoms with Gasteiger partial charge in [-0.25, -0.2) is 4.79 Å². The van der Waals surface area contributed by atoms with Crippen molar-refractivity contribution in [2.24, 2.45) is 0 Å². The molecule has 0 heterocycles. The Balaban J connectivity index is 2.43. The number of aliphatic carboxylic acids is 1. The number of carboxylic acids is 1. The molecule has 0 radical (unpaired) electrons. The highest BCUT2D eigenvalue weighted by Gasteiger charge is 2.15. The zero-order chi connectivity index (χ0) is 12.7. The van der Waals surface area contributed by atoms with E-state index in [-0.39, 0.29) is 0 Å². The lowest BCUT2D eigenvalue weighted by Crippen LogP contribution is -2.37. The van der Waals surface area contributed by atoms with Crippen LogP contribution >= 0.6 is 27.7 Å². The van der Waals surface area contributed by atoms with Crippen molar-refractivity contribution in [3.63, 3.8) is 0 Å². The van der Waals surface area contributed by atoms with Crippen molar-refractivity contribution in [3.05, 3.63) is 34.3 Å². The maximum absolute atomic E-state index is 10.8. The summed E-state index contributed by atoms with van der Waals surface area (Å²) in [6.45, 7) is 0. The van der Waals surface area contributed by atoms with Gasteiger partial charge in [0, 0.05) is 16.0 Å². The van der Waals surface area contributed by atoms with Crippen LogP contribution in [0.15, 0.2) is 28.7 Å². The third-order valence-electron chi connectivity index (χ3n) is 2.07. The fourth-order valence-corrected chi connectivity index (χ4v) is 2.85. The Kier molecular flexibility index (Phi) is 6.07. The number of hydrogen-bond donors (Lipinski definition) is 2. The first kappa shape index (κ1) is 14.1. The van der Waals surface area contributed by atoms with Crippen molar-refractivity contribution in [3.8, 4) is 0 Å². The van der Waals surface area contributed by atoms with E-state index in [0.717, 1.165) is 10.0 Å². The Hall–Kier alpha value is -1.01. The van der Waals surface area contributed by atoms with Crippen LogP contribution in [-0.4, -0.2) is 29.3 Å². The molecule has 0 aromatic heterocycles. The molecule has 2 N–H and O–H groups in total. The molecule has 4 nitrogen and oxygen atoms in total. The van der Waals surface area contributed by atoms with Gasteiger partial charge in [-0.3, -0.25) is 4.79 Å². The van der Waals surface area contributed by atoms with E-state index in [0.29, 0.717) is 17.9 Å². The van der Waals surface area contributed by atoms with Gasteiger partial charge in [0.05, 0.1) is 0 Å². The van der Waals surface area contributed by atoms with Crippen molar-refractivity contribution in [2.75, 3.05) is 5.75 Å². The number of benzene rings is 1. The van der Waals surface area contributed by atoms with Gasteiger partial charge in [0.1, 0.15) is 6.04 Å². The summed E-state index contributed by atoms with van der Waals surface area (Å²) in [6, 6.07) is 6.93. The van der Waals surface area contributed by atoms with Gasteiger partial charge in [0.25, 0.3) is 0 Å². The first-order valence-electron chi connectivity index (χ1n) is 4.88. The molecule has 1 rings (SSSR count). The highest BCUT2D eigenvalue weighted by molar-refractivity contribution is 9.10. The van der Waals surface area contributed by atoms with E-state index in [4.69, 9.17) is 5.11 Å². The van der Waals surface area contributed by atoms with Gasteiger partial charge in [0.15, 0.2) is 0 Å². The topological polar surface area (TPSA) is 66.4 Å². The van der Waals surface area contributed by atoms with Gasteiger partial charge in [0.2, 0.25) is 6.41 Å². The largest absolute Gasteiger partial charge is 0.480 e. The Labute approximate surface area is 112 Å². The molecule has 1 amide bonds. The molecule has 0 spiro atoms. The van der Waals surface area contributed by atoms with Crippen LogP contribution in [0.1, 0.15) is 5.56 Å². The Bertz CT molecular complexity index is 400. The third-order valence-corrected chi connectivity index (χ3v) is 3.93. The zero-order valence-corrected chi connectivity index (χ0v) is 11.3. The maximum Gasteiger partial charge on any atom is 0.327 e. The molecule has 0 saturated carbocycles. The van der Waals surface area contributed by atoms with Crippen LogP contribution in [0.25, 0.3) is 0 Å². The van der Waals surface area contributed by atoms with E-state index in [1.807, 2.05) is 24.3 Å². The third kappa shape index (κ3) is 4.79. The fraction of sp³-hybridized carbons (Fsp3) is 0.273. The maximum atomic E-state index is 10.8. The van der Waals surface area contributed by atoms with E-state index in [9.17, 15) is 9.59 Å². The van der Waals surface area contributed by atoms with Crippen LogP contribution in [0, 0.1) is 0 Å². The van der Waals surface area contributed by atoms with Gasteiger partial charge in [-0.2, -0.15) is 11.8 Å². The predicted octanol–water partition coefficient (Wildman–Crippen LogP) is 1.88. The fourth-order valence-electron chi connectivity index (χ4n) is 1.18. The van der Waals surface area contributed by atoms with Gasteiger partial charge in [-0.15, -0.1) is 0 Å². The molecule has 92 valence electrons. The Morgan fingerprint density at radius 1 is 1.53 bits per heavy atom. The number of carbonyl (C=O) groups is 2. The number of amides is 1. The van der Waals surface area contributed by atoms with E-state index < -0.39 is 12.0 Å². The summed E-state index contributed by atoms with van der Waals surface area (Å²) in [4.78, 5) is 21.0. The summed E-state index contributed by atoms with van der Waals surface area (Å²) in [5, 5.41) is 11.1. The first-order valence-corrected chi connectivity index (χ1v) is 6.83. The molecule has 1 unspecified atom stereocenters. The molecule has 6 heteroatoms. The summed E-state index contributed by atoms with van der Waals surface area (Å²) < 4.78 is 1.00. The molecule has 0 aliphatic rings. The van der Waals surface area contributed by atoms with Gasteiger partial charge < -0.3 is 10.4 Å². The SMILES string of the molecule is O=CNC(CSCc1ccccc1Br)C(=O)O. The Morgan fingerprint density at radius 3 is 2.82 bits per heavy atom. The molecule has 0 fully saturated rings. The number of rotatable bonds is 7. The second-order valence-electron chi connectivity index (χ2n) is 3.28. The smallest absolute Gasteiger partial charge is 0.327 e. The quantitative estimate of drug-likeness (QED) is 0.754. The number of nitrogens with one attached hydrogen (secondary N) is 1. The van der Waals surface area contributed by atoms with E-state index in [2.05, 4.69) is 21.2 Å². The predicted molar refractivity (Wildman–Crippen MR) is 70.9 cm³/mol. The number of hydrogen-bond acceptors (Lipinski definition) is 3. The number of halogens is 1. The average Bonchev–Trinajstić information content (AvgIpc) is 2.30. The molecule has 1 aromatic carbocycles. The van der Waals surface area contributed by atoms with Gasteiger partial charge >= 0.3 is 5.97 Å². The van der Waals surface area contributed by atoms with Crippen LogP contribution in [0.2, 0.25) is 0 Å². The molecule has 17 heavy (non-hydrogen) atoms. The Morgan fingerprint density at radius 2 is 2.24 bits per heavy atom. The van der Waals surface area contributed by atoms with Crippen LogP contribution in [0.3, 0.4) is 0 Å². The number of carbonyl (C=O) groups excluding carboxylic acids is 1. The van der Waals surface area contributed by atoms with E-state index >= 15 is 0 Å². The van der Waals surface area contributed by atoms with Crippen molar-refractivity contribution in [2.45, 2.75) is 11.8 Å². The molecule has 1 atom stereocenters. The lowest BCUT2D eigenvalue weighted by molar-refractivity contribution is -0.139. The first-order chi connectivity index (χ1) is 8.15. The van der Waals surface area contributed by atoms with Crippen molar-refractivity contribution < 1.29 is 14.7 Å². The van der Waals surface area contributed by atoms with Crippen LogP contribution in [0.5, 0.6) is 0 Å². The molecule has 0 bridgehead atoms. The highest BCUT2D eigenvalue weighted by Crippen LogP contribution is 2.21. The number of thioether (sulfide) groups is 1. The molecule has 0 aliphatic carbocycles. The average molecular weight is 318 g/mol. The standard InChI is InChI=1S/C11H12BrNO3S/c12-9-4-2-1-3-8(9)5-17-6-10(11(15)16)13-7-14/h1-4,7,10H,5-6H2,(H,13,14)(H,15,16). The minimum atomic E-state index is -1.02. The van der Waals surface area contributed by atoms with Gasteiger partial charge in [-0.1, -0.05) is 34.1 Å². The molecular weight excluding hydrogens is 306 g/mol. The highest BCUT2D eigenvalue weighted by atomic mass is 79.9. The summed E-state index contributed by atoms with van der Waals surface area (Å²) in [5.74, 6) is 0.0259. The molecule has 0 aliphatic heterocycles. The minimum absolute atomic E-state index is 0.343. The monoisotopic (exact) mass is 317 g/mol.